The number of sulfonamides is 1. The topological polar surface area (TPSA) is 111 Å². The minimum absolute atomic E-state index is 0.262. The summed E-state index contributed by atoms with van der Waals surface area (Å²) in [7, 11) is -2.20. The van der Waals surface area contributed by atoms with E-state index in [1.165, 1.54) is 18.3 Å². The van der Waals surface area contributed by atoms with Crippen LogP contribution < -0.4 is 19.1 Å². The highest BCUT2D eigenvalue weighted by molar-refractivity contribution is 7.92. The van der Waals surface area contributed by atoms with Crippen LogP contribution in [0.25, 0.3) is 10.6 Å². The van der Waals surface area contributed by atoms with Crippen molar-refractivity contribution in [3.63, 3.8) is 0 Å². The smallest absolute Gasteiger partial charge is 0.249 e. The fourth-order valence-corrected chi connectivity index (χ4v) is 5.36. The number of nitrogens with one attached hydrogen (secondary N) is 1. The van der Waals surface area contributed by atoms with Gasteiger partial charge in [-0.25, -0.2) is 8.42 Å². The van der Waals surface area contributed by atoms with Crippen LogP contribution in [0.1, 0.15) is 6.92 Å². The Morgan fingerprint density at radius 1 is 0.917 bits per heavy atom. The molecule has 4 rings (SSSR count). The Bertz CT molecular complexity index is 1420. The van der Waals surface area contributed by atoms with Gasteiger partial charge >= 0.3 is 0 Å². The number of para-hydroxylation sites is 1. The summed E-state index contributed by atoms with van der Waals surface area (Å²) >= 11 is 1.18. The first-order valence-electron chi connectivity index (χ1n) is 10.9. The first-order valence-corrected chi connectivity index (χ1v) is 13.5. The van der Waals surface area contributed by atoms with Crippen molar-refractivity contribution in [2.24, 2.45) is 0 Å². The number of rotatable bonds is 9. The zero-order valence-electron chi connectivity index (χ0n) is 19.8. The predicted octanol–water partition coefficient (Wildman–Crippen LogP) is 4.80. The Morgan fingerprint density at radius 2 is 1.53 bits per heavy atom. The Kier molecular flexibility index (Phi) is 7.51. The maximum absolute atomic E-state index is 13.0. The molecule has 0 unspecified atom stereocenters. The minimum Gasteiger partial charge on any atom is -0.497 e. The van der Waals surface area contributed by atoms with Gasteiger partial charge in [-0.1, -0.05) is 29.5 Å². The number of ether oxygens (including phenoxy) is 2. The highest BCUT2D eigenvalue weighted by atomic mass is 32.2. The van der Waals surface area contributed by atoms with Crippen LogP contribution in [0.2, 0.25) is 0 Å². The second kappa shape index (κ2) is 10.8. The fourth-order valence-electron chi connectivity index (χ4n) is 3.43. The highest BCUT2D eigenvalue weighted by Crippen LogP contribution is 2.29. The molecule has 4 aromatic rings. The maximum Gasteiger partial charge on any atom is 0.249 e. The van der Waals surface area contributed by atoms with Crippen LogP contribution >= 0.6 is 11.3 Å². The van der Waals surface area contributed by atoms with Gasteiger partial charge in [-0.3, -0.25) is 14.4 Å². The van der Waals surface area contributed by atoms with Gasteiger partial charge in [0, 0.05) is 5.56 Å². The van der Waals surface area contributed by atoms with Gasteiger partial charge < -0.3 is 9.47 Å². The zero-order chi connectivity index (χ0) is 25.7. The molecule has 0 saturated carbocycles. The van der Waals surface area contributed by atoms with E-state index in [1.807, 2.05) is 42.5 Å². The SMILES string of the molecule is COc1ccc(-c2nnc(NC(=O)[C@@H](C)N(c3ccc(Oc4ccccc4)cc3)S(C)(=O)=O)s2)cc1. The molecule has 36 heavy (non-hydrogen) atoms. The molecule has 0 aliphatic rings. The molecule has 3 aromatic carbocycles. The molecule has 186 valence electrons. The molecule has 1 aromatic heterocycles. The second-order valence-electron chi connectivity index (χ2n) is 7.77. The van der Waals surface area contributed by atoms with Crippen LogP contribution in [0.3, 0.4) is 0 Å². The van der Waals surface area contributed by atoms with Crippen LogP contribution in [0.15, 0.2) is 78.9 Å². The Hall–Kier alpha value is -3.96. The predicted molar refractivity (Wildman–Crippen MR) is 140 cm³/mol. The van der Waals surface area contributed by atoms with Crippen LogP contribution in [0, 0.1) is 0 Å². The summed E-state index contributed by atoms with van der Waals surface area (Å²) in [5.41, 5.74) is 1.15. The Balaban J connectivity index is 1.48. The molecular formula is C25H24N4O5S2. The minimum atomic E-state index is -3.78. The molecule has 0 bridgehead atoms. The highest BCUT2D eigenvalue weighted by Gasteiger charge is 2.30. The van der Waals surface area contributed by atoms with E-state index >= 15 is 0 Å². The van der Waals surface area contributed by atoms with Gasteiger partial charge in [-0.05, 0) is 67.6 Å². The van der Waals surface area contributed by atoms with E-state index in [-0.39, 0.29) is 5.13 Å². The largest absolute Gasteiger partial charge is 0.497 e. The number of anilines is 2. The molecule has 0 radical (unpaired) electrons. The number of hydrogen-bond donors (Lipinski definition) is 1. The van der Waals surface area contributed by atoms with Crippen LogP contribution in [-0.4, -0.2) is 43.9 Å². The summed E-state index contributed by atoms with van der Waals surface area (Å²) in [5.74, 6) is 1.37. The van der Waals surface area contributed by atoms with Gasteiger partial charge in [0.15, 0.2) is 0 Å². The monoisotopic (exact) mass is 524 g/mol. The van der Waals surface area contributed by atoms with Gasteiger partial charge in [0.2, 0.25) is 21.1 Å². The van der Waals surface area contributed by atoms with Crippen molar-refractivity contribution in [3.05, 3.63) is 78.9 Å². The summed E-state index contributed by atoms with van der Waals surface area (Å²) in [6, 6.07) is 21.9. The average Bonchev–Trinajstić information content (AvgIpc) is 3.33. The molecule has 0 spiro atoms. The van der Waals surface area contributed by atoms with Crippen molar-refractivity contribution in [2.45, 2.75) is 13.0 Å². The van der Waals surface area contributed by atoms with E-state index in [2.05, 4.69) is 15.5 Å². The third kappa shape index (κ3) is 5.99. The fraction of sp³-hybridized carbons (Fsp3) is 0.160. The number of nitrogens with zero attached hydrogens (tertiary/aromatic N) is 3. The lowest BCUT2D eigenvalue weighted by Gasteiger charge is -2.28. The first kappa shape index (κ1) is 25.1. The summed E-state index contributed by atoms with van der Waals surface area (Å²) in [6.45, 7) is 1.51. The normalized spacial score (nSPS) is 12.0. The summed E-state index contributed by atoms with van der Waals surface area (Å²) in [4.78, 5) is 13.0. The van der Waals surface area contributed by atoms with Gasteiger partial charge in [0.25, 0.3) is 0 Å². The standard InChI is InChI=1S/C25H24N4O5S2/c1-17(23(30)26-25-28-27-24(35-25)18-9-13-20(33-2)14-10-18)29(36(3,31)32)19-11-15-22(16-12-19)34-21-7-5-4-6-8-21/h4-17H,1-3H3,(H,26,28,30)/t17-/m1/s1. The number of methoxy groups -OCH3 is 1. The number of hydrogen-bond acceptors (Lipinski definition) is 8. The first-order chi connectivity index (χ1) is 17.2. The Morgan fingerprint density at radius 3 is 2.14 bits per heavy atom. The molecule has 0 saturated heterocycles. The Labute approximate surface area is 213 Å². The third-order valence-corrected chi connectivity index (χ3v) is 7.28. The van der Waals surface area contributed by atoms with Crippen LogP contribution in [-0.2, 0) is 14.8 Å². The summed E-state index contributed by atoms with van der Waals surface area (Å²) in [5, 5.41) is 11.7. The molecule has 1 atom stereocenters. The molecule has 1 N–H and O–H groups in total. The molecule has 1 heterocycles. The zero-order valence-corrected chi connectivity index (χ0v) is 21.4. The number of carbonyl (C=O) groups is 1. The lowest BCUT2D eigenvalue weighted by Crippen LogP contribution is -2.45. The molecule has 1 amide bonds. The molecule has 9 nitrogen and oxygen atoms in total. The van der Waals surface area contributed by atoms with Crippen molar-refractivity contribution in [1.29, 1.82) is 0 Å². The number of aromatic nitrogens is 2. The van der Waals surface area contributed by atoms with E-state index in [0.717, 1.165) is 16.1 Å². The molecular weight excluding hydrogens is 500 g/mol. The van der Waals surface area contributed by atoms with Crippen molar-refractivity contribution >= 4 is 38.1 Å². The van der Waals surface area contributed by atoms with Gasteiger partial charge in [0.1, 0.15) is 28.3 Å². The van der Waals surface area contributed by atoms with Crippen molar-refractivity contribution in [1.82, 2.24) is 10.2 Å². The molecule has 11 heteroatoms. The third-order valence-electron chi connectivity index (χ3n) is 5.15. The van der Waals surface area contributed by atoms with Crippen LogP contribution in [0.4, 0.5) is 10.8 Å². The van der Waals surface area contributed by atoms with Crippen molar-refractivity contribution in [3.8, 4) is 27.8 Å². The van der Waals surface area contributed by atoms with Gasteiger partial charge in [0.05, 0.1) is 19.1 Å². The lowest BCUT2D eigenvalue weighted by molar-refractivity contribution is -0.116. The van der Waals surface area contributed by atoms with Crippen LogP contribution in [0.5, 0.6) is 17.2 Å². The quantitative estimate of drug-likeness (QED) is 0.335. The van der Waals surface area contributed by atoms with E-state index < -0.39 is 22.0 Å². The second-order valence-corrected chi connectivity index (χ2v) is 10.6. The number of benzene rings is 3. The van der Waals surface area contributed by atoms with Crippen molar-refractivity contribution < 1.29 is 22.7 Å². The van der Waals surface area contributed by atoms with Gasteiger partial charge in [-0.15, -0.1) is 10.2 Å². The van der Waals surface area contributed by atoms with Crippen molar-refractivity contribution in [2.75, 3.05) is 23.0 Å². The summed E-state index contributed by atoms with van der Waals surface area (Å²) in [6.07, 6.45) is 1.05. The molecule has 0 aliphatic carbocycles. The van der Waals surface area contributed by atoms with E-state index in [1.54, 1.807) is 43.5 Å². The summed E-state index contributed by atoms with van der Waals surface area (Å²) < 4.78 is 37.2. The van der Waals surface area contributed by atoms with E-state index in [4.69, 9.17) is 9.47 Å². The maximum atomic E-state index is 13.0. The lowest BCUT2D eigenvalue weighted by atomic mass is 10.2. The van der Waals surface area contributed by atoms with E-state index in [9.17, 15) is 13.2 Å². The number of amides is 1. The molecule has 0 fully saturated rings. The molecule has 0 aliphatic heterocycles. The number of carbonyl (C=O) groups excluding carboxylic acids is 1. The van der Waals surface area contributed by atoms with E-state index in [0.29, 0.717) is 27.9 Å². The van der Waals surface area contributed by atoms with Gasteiger partial charge in [-0.2, -0.15) is 0 Å². The average molecular weight is 525 g/mol.